The van der Waals surface area contributed by atoms with Crippen molar-refractivity contribution in [3.8, 4) is 0 Å². The fourth-order valence-corrected chi connectivity index (χ4v) is 1.76. The highest BCUT2D eigenvalue weighted by Crippen LogP contribution is 2.18. The Hall–Kier alpha value is -1.38. The second kappa shape index (κ2) is 5.10. The molecule has 1 aliphatic rings. The van der Waals surface area contributed by atoms with Crippen LogP contribution in [0.5, 0.6) is 0 Å². The molecule has 0 aliphatic carbocycles. The number of ether oxygens (including phenoxy) is 1. The number of hydrogen-bond donors (Lipinski definition) is 0. The fourth-order valence-electron chi connectivity index (χ4n) is 1.76. The molecule has 0 unspecified atom stereocenters. The van der Waals surface area contributed by atoms with E-state index in [2.05, 4.69) is 23.8 Å². The van der Waals surface area contributed by atoms with Gasteiger partial charge in [-0.25, -0.2) is 4.99 Å². The quantitative estimate of drug-likeness (QED) is 0.778. The molecule has 3 nitrogen and oxygen atoms in total. The van der Waals surface area contributed by atoms with Crippen molar-refractivity contribution in [1.82, 2.24) is 4.98 Å². The lowest BCUT2D eigenvalue weighted by molar-refractivity contribution is 0.278. The van der Waals surface area contributed by atoms with Gasteiger partial charge in [-0.05, 0) is 18.1 Å². The molecule has 2 rings (SSSR count). The molecule has 0 radical (unpaired) electrons. The first-order valence-electron chi connectivity index (χ1n) is 5.89. The average Bonchev–Trinajstić information content (AvgIpc) is 2.78. The Morgan fingerprint density at radius 3 is 3.06 bits per heavy atom. The van der Waals surface area contributed by atoms with Crippen molar-refractivity contribution >= 4 is 5.90 Å². The number of rotatable bonds is 4. The lowest BCUT2D eigenvalue weighted by Gasteiger charge is -2.11. The minimum atomic E-state index is 0.337. The van der Waals surface area contributed by atoms with Gasteiger partial charge in [-0.3, -0.25) is 4.98 Å². The molecular weight excluding hydrogens is 200 g/mol. The summed E-state index contributed by atoms with van der Waals surface area (Å²) in [5.74, 6) is 1.44. The number of aliphatic imine (C=N–C) groups is 1. The Balaban J connectivity index is 1.97. The molecule has 3 heteroatoms. The zero-order valence-electron chi connectivity index (χ0n) is 9.89. The zero-order chi connectivity index (χ0) is 11.4. The molecule has 0 bridgehead atoms. The molecule has 0 fully saturated rings. The molecule has 1 aliphatic heterocycles. The summed E-state index contributed by atoms with van der Waals surface area (Å²) in [6.07, 6.45) is 3.67. The average molecular weight is 218 g/mol. The molecule has 2 heterocycles. The topological polar surface area (TPSA) is 34.5 Å². The highest BCUT2D eigenvalue weighted by molar-refractivity contribution is 5.79. The van der Waals surface area contributed by atoms with Crippen LogP contribution < -0.4 is 0 Å². The Kier molecular flexibility index (Phi) is 3.54. The SMILES string of the molecule is CC[C@H](C)[C@H]1COC(Cc2ccccn2)=N1. The molecule has 1 aromatic heterocycles. The minimum Gasteiger partial charge on any atom is -0.478 e. The maximum atomic E-state index is 5.60. The Labute approximate surface area is 96.6 Å². The van der Waals surface area contributed by atoms with Crippen molar-refractivity contribution in [2.24, 2.45) is 10.9 Å². The van der Waals surface area contributed by atoms with Crippen LogP contribution in [0.15, 0.2) is 29.4 Å². The van der Waals surface area contributed by atoms with E-state index < -0.39 is 0 Å². The standard InChI is InChI=1S/C13H18N2O/c1-3-10(2)12-9-16-13(15-12)8-11-6-4-5-7-14-11/h4-7,10,12H,3,8-9H2,1-2H3/t10-,12+/m0/s1. The first-order valence-corrected chi connectivity index (χ1v) is 5.89. The summed E-state index contributed by atoms with van der Waals surface area (Å²) in [5, 5.41) is 0. The monoisotopic (exact) mass is 218 g/mol. The predicted molar refractivity (Wildman–Crippen MR) is 64.6 cm³/mol. The summed E-state index contributed by atoms with van der Waals surface area (Å²) in [6.45, 7) is 5.15. The smallest absolute Gasteiger partial charge is 0.189 e. The zero-order valence-corrected chi connectivity index (χ0v) is 9.89. The Morgan fingerprint density at radius 1 is 1.50 bits per heavy atom. The molecule has 16 heavy (non-hydrogen) atoms. The van der Waals surface area contributed by atoms with Gasteiger partial charge in [0.25, 0.3) is 0 Å². The molecule has 0 N–H and O–H groups in total. The van der Waals surface area contributed by atoms with Crippen LogP contribution in [-0.4, -0.2) is 23.5 Å². The summed E-state index contributed by atoms with van der Waals surface area (Å²) in [4.78, 5) is 8.88. The van der Waals surface area contributed by atoms with E-state index in [0.717, 1.165) is 24.6 Å². The maximum Gasteiger partial charge on any atom is 0.189 e. The van der Waals surface area contributed by atoms with Crippen LogP contribution in [0.4, 0.5) is 0 Å². The van der Waals surface area contributed by atoms with Gasteiger partial charge in [-0.1, -0.05) is 26.3 Å². The third kappa shape index (κ3) is 2.60. The molecule has 0 saturated heterocycles. The highest BCUT2D eigenvalue weighted by atomic mass is 16.5. The third-order valence-electron chi connectivity index (χ3n) is 3.09. The van der Waals surface area contributed by atoms with Gasteiger partial charge < -0.3 is 4.74 Å². The molecule has 0 amide bonds. The van der Waals surface area contributed by atoms with Gasteiger partial charge in [0.2, 0.25) is 0 Å². The van der Waals surface area contributed by atoms with Crippen molar-refractivity contribution in [2.45, 2.75) is 32.7 Å². The lowest BCUT2D eigenvalue weighted by Crippen LogP contribution is -2.16. The van der Waals surface area contributed by atoms with Crippen molar-refractivity contribution in [3.63, 3.8) is 0 Å². The predicted octanol–water partition coefficient (Wildman–Crippen LogP) is 2.47. The molecule has 0 aromatic carbocycles. The fraction of sp³-hybridized carbons (Fsp3) is 0.538. The second-order valence-electron chi connectivity index (χ2n) is 4.28. The summed E-state index contributed by atoms with van der Waals surface area (Å²) >= 11 is 0. The Morgan fingerprint density at radius 2 is 2.38 bits per heavy atom. The first-order chi connectivity index (χ1) is 7.79. The van der Waals surface area contributed by atoms with Gasteiger partial charge in [-0.15, -0.1) is 0 Å². The molecule has 0 saturated carbocycles. The molecule has 1 aromatic rings. The van der Waals surface area contributed by atoms with Gasteiger partial charge in [0.05, 0.1) is 12.5 Å². The molecule has 2 atom stereocenters. The van der Waals surface area contributed by atoms with E-state index in [-0.39, 0.29) is 0 Å². The van der Waals surface area contributed by atoms with E-state index in [1.807, 2.05) is 18.2 Å². The third-order valence-corrected chi connectivity index (χ3v) is 3.09. The summed E-state index contributed by atoms with van der Waals surface area (Å²) in [6, 6.07) is 6.25. The maximum absolute atomic E-state index is 5.60. The lowest BCUT2D eigenvalue weighted by atomic mass is 10.0. The summed E-state index contributed by atoms with van der Waals surface area (Å²) in [5.41, 5.74) is 1.02. The number of aromatic nitrogens is 1. The van der Waals surface area contributed by atoms with Gasteiger partial charge in [0.15, 0.2) is 5.90 Å². The molecule has 0 spiro atoms. The highest BCUT2D eigenvalue weighted by Gasteiger charge is 2.23. The van der Waals surface area contributed by atoms with Gasteiger partial charge in [0, 0.05) is 11.9 Å². The minimum absolute atomic E-state index is 0.337. The summed E-state index contributed by atoms with van der Waals surface area (Å²) < 4.78 is 5.60. The van der Waals surface area contributed by atoms with E-state index in [1.54, 1.807) is 6.20 Å². The van der Waals surface area contributed by atoms with Gasteiger partial charge >= 0.3 is 0 Å². The van der Waals surface area contributed by atoms with E-state index in [4.69, 9.17) is 4.74 Å². The van der Waals surface area contributed by atoms with Crippen molar-refractivity contribution < 1.29 is 4.74 Å². The van der Waals surface area contributed by atoms with E-state index in [1.165, 1.54) is 0 Å². The molecular formula is C13H18N2O. The van der Waals surface area contributed by atoms with Crippen LogP contribution in [0, 0.1) is 5.92 Å². The van der Waals surface area contributed by atoms with Gasteiger partial charge in [0.1, 0.15) is 6.61 Å². The number of nitrogens with zero attached hydrogens (tertiary/aromatic N) is 2. The molecule has 86 valence electrons. The van der Waals surface area contributed by atoms with Crippen LogP contribution >= 0.6 is 0 Å². The number of pyridine rings is 1. The van der Waals surface area contributed by atoms with Crippen molar-refractivity contribution in [2.75, 3.05) is 6.61 Å². The van der Waals surface area contributed by atoms with Crippen LogP contribution in [0.1, 0.15) is 26.0 Å². The Bertz CT molecular complexity index is 361. The van der Waals surface area contributed by atoms with Crippen LogP contribution in [0.3, 0.4) is 0 Å². The largest absolute Gasteiger partial charge is 0.478 e. The van der Waals surface area contributed by atoms with E-state index in [9.17, 15) is 0 Å². The summed E-state index contributed by atoms with van der Waals surface area (Å²) in [7, 11) is 0. The van der Waals surface area contributed by atoms with E-state index >= 15 is 0 Å². The van der Waals surface area contributed by atoms with Crippen molar-refractivity contribution in [1.29, 1.82) is 0 Å². The van der Waals surface area contributed by atoms with E-state index in [0.29, 0.717) is 18.4 Å². The first kappa shape index (κ1) is 11.1. The van der Waals surface area contributed by atoms with Crippen LogP contribution in [0.2, 0.25) is 0 Å². The van der Waals surface area contributed by atoms with Gasteiger partial charge in [-0.2, -0.15) is 0 Å². The van der Waals surface area contributed by atoms with Crippen molar-refractivity contribution in [3.05, 3.63) is 30.1 Å². The number of hydrogen-bond acceptors (Lipinski definition) is 3. The second-order valence-corrected chi connectivity index (χ2v) is 4.28. The normalized spacial score (nSPS) is 21.4. The van der Waals surface area contributed by atoms with Crippen LogP contribution in [0.25, 0.3) is 0 Å². The van der Waals surface area contributed by atoms with Crippen LogP contribution in [-0.2, 0) is 11.2 Å².